The Hall–Kier alpha value is -0.240. The number of nitrogens with zero attached hydrogens (tertiary/aromatic N) is 1. The first-order valence-electron chi connectivity index (χ1n) is 5.81. The molecule has 1 aliphatic rings. The van der Waals surface area contributed by atoms with Gasteiger partial charge in [-0.25, -0.2) is 0 Å². The van der Waals surface area contributed by atoms with Crippen molar-refractivity contribution < 1.29 is 5.11 Å². The summed E-state index contributed by atoms with van der Waals surface area (Å²) in [6, 6.07) is 5.05. The molecule has 2 rings (SSSR count). The maximum atomic E-state index is 10.0. The zero-order chi connectivity index (χ0) is 13.0. The molecule has 106 valence electrons. The number of hydrogen-bond acceptors (Lipinski definition) is 4. The van der Waals surface area contributed by atoms with Crippen LogP contribution in [0.4, 0.5) is 0 Å². The highest BCUT2D eigenvalue weighted by Crippen LogP contribution is 2.23. The first kappa shape index (κ1) is 16.8. The van der Waals surface area contributed by atoms with Gasteiger partial charge < -0.3 is 15.7 Å². The highest BCUT2D eigenvalue weighted by molar-refractivity contribution is 14.0. The molecule has 19 heavy (non-hydrogen) atoms. The van der Waals surface area contributed by atoms with Crippen LogP contribution in [0.25, 0.3) is 0 Å². The molecule has 0 saturated carbocycles. The summed E-state index contributed by atoms with van der Waals surface area (Å²) in [7, 11) is 0. The van der Waals surface area contributed by atoms with Crippen LogP contribution in [0, 0.1) is 0 Å². The molecule has 0 spiro atoms. The minimum Gasteiger partial charge on any atom is -0.387 e. The van der Waals surface area contributed by atoms with Crippen molar-refractivity contribution in [1.82, 2.24) is 10.6 Å². The van der Waals surface area contributed by atoms with E-state index in [-0.39, 0.29) is 24.0 Å². The van der Waals surface area contributed by atoms with E-state index in [0.29, 0.717) is 22.2 Å². The predicted octanol–water partition coefficient (Wildman–Crippen LogP) is 2.58. The Labute approximate surface area is 139 Å². The zero-order valence-corrected chi connectivity index (χ0v) is 14.0. The van der Waals surface area contributed by atoms with Gasteiger partial charge in [0.15, 0.2) is 5.96 Å². The first-order valence-corrected chi connectivity index (χ1v) is 6.57. The summed E-state index contributed by atoms with van der Waals surface area (Å²) in [5, 5.41) is 17.3. The molecule has 1 unspecified atom stereocenters. The van der Waals surface area contributed by atoms with Crippen molar-refractivity contribution in [3.63, 3.8) is 0 Å². The topological polar surface area (TPSA) is 56.6 Å². The summed E-state index contributed by atoms with van der Waals surface area (Å²) >= 11 is 11.8. The number of guanidine groups is 1. The predicted molar refractivity (Wildman–Crippen MR) is 89.8 cm³/mol. The lowest BCUT2D eigenvalue weighted by Crippen LogP contribution is -2.42. The number of aliphatic hydroxyl groups is 1. The number of aliphatic hydroxyl groups excluding tert-OH is 1. The molecule has 0 fully saturated rings. The van der Waals surface area contributed by atoms with E-state index in [9.17, 15) is 5.11 Å². The van der Waals surface area contributed by atoms with Gasteiger partial charge in [-0.05, 0) is 30.2 Å². The Morgan fingerprint density at radius 1 is 1.32 bits per heavy atom. The minimum atomic E-state index is -0.673. The van der Waals surface area contributed by atoms with Crippen LogP contribution in [0.15, 0.2) is 23.2 Å². The molecule has 1 aromatic rings. The number of benzene rings is 1. The van der Waals surface area contributed by atoms with Crippen molar-refractivity contribution in [2.75, 3.05) is 19.6 Å². The van der Waals surface area contributed by atoms with E-state index in [0.717, 1.165) is 25.5 Å². The van der Waals surface area contributed by atoms with Crippen molar-refractivity contribution in [3.8, 4) is 0 Å². The van der Waals surface area contributed by atoms with Crippen molar-refractivity contribution in [3.05, 3.63) is 33.8 Å². The average Bonchev–Trinajstić information content (AvgIpc) is 2.36. The van der Waals surface area contributed by atoms with E-state index in [4.69, 9.17) is 23.2 Å². The van der Waals surface area contributed by atoms with Crippen LogP contribution in [0.1, 0.15) is 18.1 Å². The molecule has 1 aliphatic heterocycles. The molecule has 0 bridgehead atoms. The Morgan fingerprint density at radius 3 is 2.58 bits per heavy atom. The van der Waals surface area contributed by atoms with Gasteiger partial charge in [-0.3, -0.25) is 4.99 Å². The van der Waals surface area contributed by atoms with Gasteiger partial charge in [-0.2, -0.15) is 0 Å². The van der Waals surface area contributed by atoms with Gasteiger partial charge in [-0.15, -0.1) is 24.0 Å². The van der Waals surface area contributed by atoms with Gasteiger partial charge in [0.05, 0.1) is 6.10 Å². The smallest absolute Gasteiger partial charge is 0.191 e. The quantitative estimate of drug-likeness (QED) is 0.665. The van der Waals surface area contributed by atoms with Crippen molar-refractivity contribution in [2.45, 2.75) is 12.5 Å². The maximum Gasteiger partial charge on any atom is 0.191 e. The summed E-state index contributed by atoms with van der Waals surface area (Å²) in [4.78, 5) is 4.26. The van der Waals surface area contributed by atoms with Crippen LogP contribution in [0.5, 0.6) is 0 Å². The van der Waals surface area contributed by atoms with Crippen LogP contribution in [-0.4, -0.2) is 30.7 Å². The number of aliphatic imine (C=N–C) groups is 1. The Balaban J connectivity index is 0.00000180. The second kappa shape index (κ2) is 8.14. The van der Waals surface area contributed by atoms with E-state index in [1.807, 2.05) is 0 Å². The fourth-order valence-corrected chi connectivity index (χ4v) is 2.27. The third-order valence-corrected chi connectivity index (χ3v) is 3.07. The van der Waals surface area contributed by atoms with Crippen LogP contribution >= 0.6 is 47.2 Å². The second-order valence-corrected chi connectivity index (χ2v) is 4.98. The SMILES string of the molecule is I.OC(CNC1=NCCCN1)c1cc(Cl)cc(Cl)c1. The van der Waals surface area contributed by atoms with Gasteiger partial charge in [0, 0.05) is 29.7 Å². The summed E-state index contributed by atoms with van der Waals surface area (Å²) in [6.07, 6.45) is 0.366. The number of nitrogens with one attached hydrogen (secondary N) is 2. The molecule has 0 aromatic heterocycles. The second-order valence-electron chi connectivity index (χ2n) is 4.11. The maximum absolute atomic E-state index is 10.0. The Morgan fingerprint density at radius 2 is 2.00 bits per heavy atom. The van der Waals surface area contributed by atoms with E-state index in [1.54, 1.807) is 18.2 Å². The summed E-state index contributed by atoms with van der Waals surface area (Å²) in [5.41, 5.74) is 0.691. The highest BCUT2D eigenvalue weighted by Gasteiger charge is 2.11. The van der Waals surface area contributed by atoms with Crippen LogP contribution in [0.3, 0.4) is 0 Å². The zero-order valence-electron chi connectivity index (χ0n) is 10.2. The molecular weight excluding hydrogens is 400 g/mol. The summed E-state index contributed by atoms with van der Waals surface area (Å²) < 4.78 is 0. The lowest BCUT2D eigenvalue weighted by atomic mass is 10.1. The molecule has 1 aromatic carbocycles. The van der Waals surface area contributed by atoms with Crippen LogP contribution in [-0.2, 0) is 0 Å². The monoisotopic (exact) mass is 415 g/mol. The average molecular weight is 416 g/mol. The van der Waals surface area contributed by atoms with E-state index in [2.05, 4.69) is 15.6 Å². The normalized spacial score (nSPS) is 15.8. The molecule has 3 N–H and O–H groups in total. The van der Waals surface area contributed by atoms with Crippen LogP contribution in [0.2, 0.25) is 10.0 Å². The molecular formula is C12H16Cl2IN3O. The molecule has 7 heteroatoms. The lowest BCUT2D eigenvalue weighted by Gasteiger charge is -2.18. The number of halogens is 3. The Bertz CT molecular complexity index is 436. The fourth-order valence-electron chi connectivity index (χ4n) is 1.73. The largest absolute Gasteiger partial charge is 0.387 e. The molecule has 0 saturated heterocycles. The van der Waals surface area contributed by atoms with Crippen molar-refractivity contribution in [1.29, 1.82) is 0 Å². The first-order chi connectivity index (χ1) is 8.65. The lowest BCUT2D eigenvalue weighted by molar-refractivity contribution is 0.181. The molecule has 4 nitrogen and oxygen atoms in total. The third-order valence-electron chi connectivity index (χ3n) is 2.63. The van der Waals surface area contributed by atoms with E-state index < -0.39 is 6.10 Å². The van der Waals surface area contributed by atoms with Crippen LogP contribution < -0.4 is 10.6 Å². The standard InChI is InChI=1S/C12H15Cl2N3O.HI/c13-9-4-8(5-10(14)6-9)11(18)7-17-12-15-2-1-3-16-12;/h4-6,11,18H,1-3,7H2,(H2,15,16,17);1H. The van der Waals surface area contributed by atoms with Gasteiger partial charge in [0.2, 0.25) is 0 Å². The molecule has 1 atom stereocenters. The highest BCUT2D eigenvalue weighted by atomic mass is 127. The number of hydrogen-bond donors (Lipinski definition) is 3. The number of rotatable bonds is 3. The molecule has 0 radical (unpaired) electrons. The van der Waals surface area contributed by atoms with Crippen molar-refractivity contribution >= 4 is 53.1 Å². The van der Waals surface area contributed by atoms with E-state index >= 15 is 0 Å². The van der Waals surface area contributed by atoms with Gasteiger partial charge in [-0.1, -0.05) is 23.2 Å². The molecule has 0 aliphatic carbocycles. The minimum absolute atomic E-state index is 0. The third kappa shape index (κ3) is 5.33. The van der Waals surface area contributed by atoms with Gasteiger partial charge in [0.25, 0.3) is 0 Å². The molecule has 0 amide bonds. The summed E-state index contributed by atoms with van der Waals surface area (Å²) in [5.74, 6) is 0.730. The fraction of sp³-hybridized carbons (Fsp3) is 0.417. The van der Waals surface area contributed by atoms with Crippen molar-refractivity contribution in [2.24, 2.45) is 4.99 Å². The van der Waals surface area contributed by atoms with Gasteiger partial charge >= 0.3 is 0 Å². The molecule has 1 heterocycles. The van der Waals surface area contributed by atoms with E-state index in [1.165, 1.54) is 0 Å². The Kier molecular flexibility index (Phi) is 7.20. The summed E-state index contributed by atoms with van der Waals surface area (Å²) in [6.45, 7) is 2.09. The van der Waals surface area contributed by atoms with Gasteiger partial charge in [0.1, 0.15) is 0 Å².